The molecule has 1 aliphatic carbocycles. The highest BCUT2D eigenvalue weighted by atomic mass is 16.3. The van der Waals surface area contributed by atoms with E-state index in [0.29, 0.717) is 13.1 Å². The van der Waals surface area contributed by atoms with E-state index in [4.69, 9.17) is 0 Å². The third kappa shape index (κ3) is 4.10. The molecule has 23 heavy (non-hydrogen) atoms. The number of carbonyl (C=O) groups is 1. The molecular weight excluding hydrogens is 292 g/mol. The Balaban J connectivity index is 1.47. The topological polar surface area (TPSA) is 79.2 Å². The third-order valence-electron chi connectivity index (χ3n) is 4.22. The highest BCUT2D eigenvalue weighted by molar-refractivity contribution is 5.73. The second kappa shape index (κ2) is 6.83. The van der Waals surface area contributed by atoms with Crippen LogP contribution < -0.4 is 10.6 Å². The first kappa shape index (κ1) is 15.6. The number of hydrogen-bond donors (Lipinski definition) is 3. The van der Waals surface area contributed by atoms with Crippen LogP contribution in [-0.4, -0.2) is 33.1 Å². The first-order valence-electron chi connectivity index (χ1n) is 7.98. The van der Waals surface area contributed by atoms with Crippen LogP contribution in [0.4, 0.5) is 4.79 Å². The first-order valence-corrected chi connectivity index (χ1v) is 7.98. The number of urea groups is 1. The van der Waals surface area contributed by atoms with E-state index in [1.807, 2.05) is 36.5 Å². The number of hydrogen-bond acceptors (Lipinski definition) is 3. The summed E-state index contributed by atoms with van der Waals surface area (Å²) in [7, 11) is 0. The number of carbonyl (C=O) groups excluding carboxylic acids is 1. The van der Waals surface area contributed by atoms with Crippen LogP contribution in [0, 0.1) is 0 Å². The van der Waals surface area contributed by atoms with Gasteiger partial charge in [-0.2, -0.15) is 5.10 Å². The second-order valence-corrected chi connectivity index (χ2v) is 6.10. The molecule has 1 saturated carbocycles. The van der Waals surface area contributed by atoms with Crippen LogP contribution in [-0.2, 0) is 6.54 Å². The molecule has 1 fully saturated rings. The lowest BCUT2D eigenvalue weighted by molar-refractivity contribution is 0.0501. The van der Waals surface area contributed by atoms with Crippen molar-refractivity contribution in [2.45, 2.75) is 37.8 Å². The molecule has 1 aliphatic rings. The molecule has 0 saturated heterocycles. The van der Waals surface area contributed by atoms with Gasteiger partial charge in [-0.1, -0.05) is 31.0 Å². The summed E-state index contributed by atoms with van der Waals surface area (Å²) in [4.78, 5) is 11.8. The maximum absolute atomic E-state index is 11.8. The van der Waals surface area contributed by atoms with E-state index in [-0.39, 0.29) is 6.03 Å². The molecule has 1 aromatic carbocycles. The number of aliphatic hydroxyl groups is 1. The quantitative estimate of drug-likeness (QED) is 0.789. The van der Waals surface area contributed by atoms with E-state index < -0.39 is 5.60 Å². The summed E-state index contributed by atoms with van der Waals surface area (Å²) in [6.45, 7) is 0.708. The third-order valence-corrected chi connectivity index (χ3v) is 4.22. The van der Waals surface area contributed by atoms with Gasteiger partial charge in [0.05, 0.1) is 17.5 Å². The monoisotopic (exact) mass is 314 g/mol. The van der Waals surface area contributed by atoms with Gasteiger partial charge in [0.25, 0.3) is 0 Å². The Morgan fingerprint density at radius 3 is 2.70 bits per heavy atom. The molecule has 2 aromatic rings. The van der Waals surface area contributed by atoms with Crippen molar-refractivity contribution in [1.29, 1.82) is 0 Å². The summed E-state index contributed by atoms with van der Waals surface area (Å²) in [6, 6.07) is 9.54. The number of rotatable bonds is 5. The zero-order valence-electron chi connectivity index (χ0n) is 13.0. The van der Waals surface area contributed by atoms with Crippen molar-refractivity contribution in [2.75, 3.05) is 6.54 Å². The molecule has 1 aromatic heterocycles. The number of benzene rings is 1. The summed E-state index contributed by atoms with van der Waals surface area (Å²) in [5.74, 6) is 0. The van der Waals surface area contributed by atoms with E-state index in [2.05, 4.69) is 15.7 Å². The molecule has 2 amide bonds. The Morgan fingerprint density at radius 1 is 1.22 bits per heavy atom. The van der Waals surface area contributed by atoms with Gasteiger partial charge in [-0.15, -0.1) is 0 Å². The fraction of sp³-hybridized carbons (Fsp3) is 0.412. The lowest BCUT2D eigenvalue weighted by Gasteiger charge is -2.22. The lowest BCUT2D eigenvalue weighted by Crippen LogP contribution is -2.44. The molecule has 3 N–H and O–H groups in total. The number of amides is 2. The minimum absolute atomic E-state index is 0.266. The van der Waals surface area contributed by atoms with Crippen LogP contribution in [0.1, 0.15) is 31.2 Å². The van der Waals surface area contributed by atoms with Gasteiger partial charge in [-0.3, -0.25) is 0 Å². The van der Waals surface area contributed by atoms with Crippen molar-refractivity contribution in [1.82, 2.24) is 20.4 Å². The molecule has 6 heteroatoms. The first-order chi connectivity index (χ1) is 11.1. The van der Waals surface area contributed by atoms with Gasteiger partial charge in [0, 0.05) is 24.8 Å². The molecule has 122 valence electrons. The van der Waals surface area contributed by atoms with Gasteiger partial charge in [0.1, 0.15) is 0 Å². The molecule has 6 nitrogen and oxygen atoms in total. The standard InChI is InChI=1S/C17H22N4O2/c22-16(19-13-17(23)8-4-5-9-17)18-10-14-11-20-21(12-14)15-6-2-1-3-7-15/h1-3,6-7,11-12,23H,4-5,8-10,13H2,(H2,18,19,22). The van der Waals surface area contributed by atoms with Crippen LogP contribution in [0.15, 0.2) is 42.7 Å². The minimum Gasteiger partial charge on any atom is -0.388 e. The normalized spacial score (nSPS) is 16.2. The Hall–Kier alpha value is -2.34. The Kier molecular flexibility index (Phi) is 4.62. The SMILES string of the molecule is O=C(NCc1cnn(-c2ccccc2)c1)NCC1(O)CCCC1. The van der Waals surface area contributed by atoms with E-state index in [1.165, 1.54) is 0 Å². The van der Waals surface area contributed by atoms with Crippen molar-refractivity contribution in [3.05, 3.63) is 48.3 Å². The van der Waals surface area contributed by atoms with Crippen LogP contribution in [0.5, 0.6) is 0 Å². The highest BCUT2D eigenvalue weighted by Gasteiger charge is 2.31. The Labute approximate surface area is 135 Å². The van der Waals surface area contributed by atoms with Crippen LogP contribution in [0.25, 0.3) is 5.69 Å². The molecule has 0 unspecified atom stereocenters. The zero-order valence-corrected chi connectivity index (χ0v) is 13.0. The van der Waals surface area contributed by atoms with Crippen molar-refractivity contribution >= 4 is 6.03 Å². The van der Waals surface area contributed by atoms with Crippen LogP contribution in [0.3, 0.4) is 0 Å². The van der Waals surface area contributed by atoms with Crippen LogP contribution in [0.2, 0.25) is 0 Å². The van der Waals surface area contributed by atoms with E-state index in [1.54, 1.807) is 10.9 Å². The maximum atomic E-state index is 11.8. The number of aromatic nitrogens is 2. The fourth-order valence-corrected chi connectivity index (χ4v) is 2.87. The van der Waals surface area contributed by atoms with Gasteiger partial charge in [0.15, 0.2) is 0 Å². The van der Waals surface area contributed by atoms with Gasteiger partial charge in [-0.25, -0.2) is 9.48 Å². The summed E-state index contributed by atoms with van der Waals surface area (Å²) in [5, 5.41) is 20.0. The number of para-hydroxylation sites is 1. The van der Waals surface area contributed by atoms with Gasteiger partial charge >= 0.3 is 6.03 Å². The average Bonchev–Trinajstić information content (AvgIpc) is 3.22. The second-order valence-electron chi connectivity index (χ2n) is 6.10. The molecule has 3 rings (SSSR count). The maximum Gasteiger partial charge on any atom is 0.315 e. The molecule has 1 heterocycles. The summed E-state index contributed by atoms with van der Waals surface area (Å²) < 4.78 is 1.77. The van der Waals surface area contributed by atoms with Crippen molar-refractivity contribution in [3.8, 4) is 5.69 Å². The predicted octanol–water partition coefficient (Wildman–Crippen LogP) is 1.98. The number of nitrogens with one attached hydrogen (secondary N) is 2. The van der Waals surface area contributed by atoms with Gasteiger partial charge in [0.2, 0.25) is 0 Å². The summed E-state index contributed by atoms with van der Waals surface area (Å²) in [5.41, 5.74) is 1.17. The average molecular weight is 314 g/mol. The summed E-state index contributed by atoms with van der Waals surface area (Å²) in [6.07, 6.45) is 7.20. The van der Waals surface area contributed by atoms with Crippen molar-refractivity contribution in [2.24, 2.45) is 0 Å². The number of nitrogens with zero attached hydrogens (tertiary/aromatic N) is 2. The zero-order chi connectivity index (χ0) is 16.1. The smallest absolute Gasteiger partial charge is 0.315 e. The van der Waals surface area contributed by atoms with Gasteiger partial charge in [-0.05, 0) is 25.0 Å². The largest absolute Gasteiger partial charge is 0.388 e. The molecule has 0 aliphatic heterocycles. The Bertz CT molecular complexity index is 648. The van der Waals surface area contributed by atoms with E-state index in [0.717, 1.165) is 36.9 Å². The fourth-order valence-electron chi connectivity index (χ4n) is 2.87. The van der Waals surface area contributed by atoms with Crippen molar-refractivity contribution < 1.29 is 9.90 Å². The highest BCUT2D eigenvalue weighted by Crippen LogP contribution is 2.28. The molecule has 0 radical (unpaired) electrons. The van der Waals surface area contributed by atoms with Crippen molar-refractivity contribution in [3.63, 3.8) is 0 Å². The molecule has 0 spiro atoms. The summed E-state index contributed by atoms with van der Waals surface area (Å²) >= 11 is 0. The molecular formula is C17H22N4O2. The minimum atomic E-state index is -0.727. The van der Waals surface area contributed by atoms with Gasteiger partial charge < -0.3 is 15.7 Å². The molecule has 0 bridgehead atoms. The lowest BCUT2D eigenvalue weighted by atomic mass is 10.0. The van der Waals surface area contributed by atoms with E-state index >= 15 is 0 Å². The van der Waals surface area contributed by atoms with Crippen LogP contribution >= 0.6 is 0 Å². The molecule has 0 atom stereocenters. The Morgan fingerprint density at radius 2 is 1.96 bits per heavy atom. The van der Waals surface area contributed by atoms with E-state index in [9.17, 15) is 9.90 Å². The predicted molar refractivity (Wildman–Crippen MR) is 87.2 cm³/mol.